The Morgan fingerprint density at radius 3 is 2.59 bits per heavy atom. The molecule has 2 heterocycles. The van der Waals surface area contributed by atoms with Crippen LogP contribution >= 0.6 is 24.0 Å². The van der Waals surface area contributed by atoms with E-state index in [1.165, 1.54) is 0 Å². The summed E-state index contributed by atoms with van der Waals surface area (Å²) in [4.78, 5) is 19.3. The first-order valence-corrected chi connectivity index (χ1v) is 11.0. The van der Waals surface area contributed by atoms with Crippen LogP contribution in [-0.2, 0) is 11.2 Å². The number of hydrogen-bond donors (Lipinski definition) is 2. The number of nitrogens with zero attached hydrogens (tertiary/aromatic N) is 2. The van der Waals surface area contributed by atoms with E-state index in [1.807, 2.05) is 17.0 Å². The zero-order chi connectivity index (χ0) is 20.2. The fraction of sp³-hybridized carbons (Fsp3) is 0.727. The molecule has 1 fully saturated rings. The molecule has 7 heteroatoms. The molecule has 0 radical (unpaired) electrons. The Morgan fingerprint density at radius 1 is 1.28 bits per heavy atom. The molecule has 0 atom stereocenters. The molecule has 1 saturated heterocycles. The standard InChI is InChI=1S/C22H38N4O2.HI/c1-4-7-13-23-22(24-14-10-20-9-8-17-28-20)25-19-11-15-26(16-12-19)21(27)18(5-2)6-3;/h8-9,17-19H,4-7,10-16H2,1-3H3,(H2,23,24,25);1H. The molecule has 0 spiro atoms. The second kappa shape index (κ2) is 14.7. The van der Waals surface area contributed by atoms with E-state index >= 15 is 0 Å². The monoisotopic (exact) mass is 518 g/mol. The van der Waals surface area contributed by atoms with Crippen LogP contribution in [0.4, 0.5) is 0 Å². The minimum absolute atomic E-state index is 0. The summed E-state index contributed by atoms with van der Waals surface area (Å²) in [6.07, 6.45) is 8.58. The number of nitrogens with one attached hydrogen (secondary N) is 2. The van der Waals surface area contributed by atoms with E-state index in [4.69, 9.17) is 9.41 Å². The van der Waals surface area contributed by atoms with Crippen molar-refractivity contribution in [2.45, 2.75) is 71.8 Å². The molecule has 1 aromatic rings. The molecular weight excluding hydrogens is 479 g/mol. The number of guanidine groups is 1. The van der Waals surface area contributed by atoms with Gasteiger partial charge in [-0.3, -0.25) is 9.79 Å². The highest BCUT2D eigenvalue weighted by Gasteiger charge is 2.26. The molecule has 0 aliphatic carbocycles. The number of piperidine rings is 1. The first kappa shape index (κ1) is 25.8. The second-order valence-corrected chi connectivity index (χ2v) is 7.60. The lowest BCUT2D eigenvalue weighted by atomic mass is 9.98. The molecule has 6 nitrogen and oxygen atoms in total. The second-order valence-electron chi connectivity index (χ2n) is 7.60. The zero-order valence-corrected chi connectivity index (χ0v) is 20.6. The molecule has 0 aromatic carbocycles. The number of halogens is 1. The Kier molecular flexibility index (Phi) is 13.1. The van der Waals surface area contributed by atoms with Crippen molar-refractivity contribution in [1.82, 2.24) is 15.5 Å². The number of aliphatic imine (C=N–C) groups is 1. The van der Waals surface area contributed by atoms with E-state index in [1.54, 1.807) is 6.26 Å². The van der Waals surface area contributed by atoms with Crippen molar-refractivity contribution in [1.29, 1.82) is 0 Å². The Bertz CT molecular complexity index is 580. The average molecular weight is 518 g/mol. The molecule has 1 aromatic heterocycles. The number of carbonyl (C=O) groups excluding carboxylic acids is 1. The Labute approximate surface area is 193 Å². The van der Waals surface area contributed by atoms with Gasteiger partial charge in [0.2, 0.25) is 5.91 Å². The molecule has 1 aliphatic rings. The predicted molar refractivity (Wildman–Crippen MR) is 130 cm³/mol. The van der Waals surface area contributed by atoms with Crippen molar-refractivity contribution in [3.63, 3.8) is 0 Å². The van der Waals surface area contributed by atoms with Gasteiger partial charge in [-0.15, -0.1) is 24.0 Å². The van der Waals surface area contributed by atoms with Crippen molar-refractivity contribution in [3.05, 3.63) is 24.2 Å². The van der Waals surface area contributed by atoms with Crippen molar-refractivity contribution >= 4 is 35.8 Å². The van der Waals surface area contributed by atoms with Gasteiger partial charge in [0.1, 0.15) is 5.76 Å². The van der Waals surface area contributed by atoms with Crippen LogP contribution in [-0.4, -0.2) is 49.0 Å². The van der Waals surface area contributed by atoms with Crippen LogP contribution in [0.3, 0.4) is 0 Å². The molecule has 0 saturated carbocycles. The van der Waals surface area contributed by atoms with E-state index in [0.717, 1.165) is 82.8 Å². The van der Waals surface area contributed by atoms with Crippen molar-refractivity contribution in [2.24, 2.45) is 10.9 Å². The summed E-state index contributed by atoms with van der Waals surface area (Å²) >= 11 is 0. The minimum atomic E-state index is 0. The van der Waals surface area contributed by atoms with Crippen LogP contribution in [0.15, 0.2) is 27.8 Å². The van der Waals surface area contributed by atoms with E-state index in [0.29, 0.717) is 11.9 Å². The highest BCUT2D eigenvalue weighted by Crippen LogP contribution is 2.17. The SMILES string of the molecule is CCCCN=C(NCCc1ccco1)NC1CCN(C(=O)C(CC)CC)CC1.I. The van der Waals surface area contributed by atoms with Gasteiger partial charge in [-0.05, 0) is 44.2 Å². The Morgan fingerprint density at radius 2 is 2.00 bits per heavy atom. The summed E-state index contributed by atoms with van der Waals surface area (Å²) in [6.45, 7) is 9.68. The van der Waals surface area contributed by atoms with Gasteiger partial charge in [0.15, 0.2) is 5.96 Å². The first-order valence-electron chi connectivity index (χ1n) is 11.0. The number of hydrogen-bond acceptors (Lipinski definition) is 3. The number of rotatable bonds is 10. The van der Waals surface area contributed by atoms with Crippen LogP contribution in [0.1, 0.15) is 65.1 Å². The summed E-state index contributed by atoms with van der Waals surface area (Å²) in [5.74, 6) is 2.37. The molecule has 166 valence electrons. The predicted octanol–water partition coefficient (Wildman–Crippen LogP) is 4.20. The lowest BCUT2D eigenvalue weighted by Gasteiger charge is -2.35. The molecule has 0 unspecified atom stereocenters. The lowest BCUT2D eigenvalue weighted by Crippen LogP contribution is -2.51. The fourth-order valence-corrected chi connectivity index (χ4v) is 3.59. The largest absolute Gasteiger partial charge is 0.469 e. The van der Waals surface area contributed by atoms with E-state index in [9.17, 15) is 4.79 Å². The van der Waals surface area contributed by atoms with Crippen LogP contribution in [0.25, 0.3) is 0 Å². The lowest BCUT2D eigenvalue weighted by molar-refractivity contribution is -0.136. The molecule has 29 heavy (non-hydrogen) atoms. The van der Waals surface area contributed by atoms with Gasteiger partial charge in [0.25, 0.3) is 0 Å². The zero-order valence-electron chi connectivity index (χ0n) is 18.3. The maximum absolute atomic E-state index is 12.6. The molecule has 1 amide bonds. The van der Waals surface area contributed by atoms with Crippen molar-refractivity contribution < 1.29 is 9.21 Å². The Hall–Kier alpha value is -1.25. The van der Waals surface area contributed by atoms with Gasteiger partial charge in [-0.1, -0.05) is 27.2 Å². The quantitative estimate of drug-likeness (QED) is 0.211. The number of furan rings is 1. The number of likely N-dealkylation sites (tertiary alicyclic amines) is 1. The summed E-state index contributed by atoms with van der Waals surface area (Å²) < 4.78 is 5.40. The molecular formula is C22H39IN4O2. The van der Waals surface area contributed by atoms with Gasteiger partial charge < -0.3 is 20.0 Å². The Balaban J connectivity index is 0.00000420. The van der Waals surface area contributed by atoms with E-state index in [2.05, 4.69) is 31.4 Å². The van der Waals surface area contributed by atoms with E-state index < -0.39 is 0 Å². The van der Waals surface area contributed by atoms with Crippen LogP contribution < -0.4 is 10.6 Å². The number of amides is 1. The normalized spacial score (nSPS) is 15.3. The highest BCUT2D eigenvalue weighted by molar-refractivity contribution is 14.0. The summed E-state index contributed by atoms with van der Waals surface area (Å²) in [5, 5.41) is 7.01. The van der Waals surface area contributed by atoms with Gasteiger partial charge >= 0.3 is 0 Å². The number of carbonyl (C=O) groups is 1. The highest BCUT2D eigenvalue weighted by atomic mass is 127. The third-order valence-corrected chi connectivity index (χ3v) is 5.51. The number of unbranched alkanes of at least 4 members (excludes halogenated alkanes) is 1. The first-order chi connectivity index (χ1) is 13.7. The van der Waals surface area contributed by atoms with Gasteiger partial charge in [0, 0.05) is 44.6 Å². The maximum Gasteiger partial charge on any atom is 0.225 e. The minimum Gasteiger partial charge on any atom is -0.469 e. The summed E-state index contributed by atoms with van der Waals surface area (Å²) in [6, 6.07) is 4.28. The van der Waals surface area contributed by atoms with E-state index in [-0.39, 0.29) is 29.9 Å². The molecule has 2 rings (SSSR count). The van der Waals surface area contributed by atoms with Crippen LogP contribution in [0, 0.1) is 5.92 Å². The third-order valence-electron chi connectivity index (χ3n) is 5.51. The maximum atomic E-state index is 12.6. The topological polar surface area (TPSA) is 69.9 Å². The smallest absolute Gasteiger partial charge is 0.225 e. The molecule has 0 bridgehead atoms. The van der Waals surface area contributed by atoms with Crippen molar-refractivity contribution in [3.8, 4) is 0 Å². The third kappa shape index (κ3) is 8.97. The molecule has 1 aliphatic heterocycles. The molecule has 2 N–H and O–H groups in total. The fourth-order valence-electron chi connectivity index (χ4n) is 3.59. The average Bonchev–Trinajstić information content (AvgIpc) is 3.23. The van der Waals surface area contributed by atoms with Gasteiger partial charge in [0.05, 0.1) is 6.26 Å². The summed E-state index contributed by atoms with van der Waals surface area (Å²) in [5.41, 5.74) is 0. The summed E-state index contributed by atoms with van der Waals surface area (Å²) in [7, 11) is 0. The van der Waals surface area contributed by atoms with Crippen LogP contribution in [0.5, 0.6) is 0 Å². The van der Waals surface area contributed by atoms with Crippen molar-refractivity contribution in [2.75, 3.05) is 26.2 Å². The van der Waals surface area contributed by atoms with Crippen LogP contribution in [0.2, 0.25) is 0 Å². The van der Waals surface area contributed by atoms with Gasteiger partial charge in [-0.25, -0.2) is 0 Å². The van der Waals surface area contributed by atoms with Gasteiger partial charge in [-0.2, -0.15) is 0 Å².